The molecule has 0 saturated heterocycles. The second kappa shape index (κ2) is 10.4. The molecule has 1 amide bonds. The van der Waals surface area contributed by atoms with Gasteiger partial charge in [-0.3, -0.25) is 4.79 Å². The zero-order valence-electron chi connectivity index (χ0n) is 13.4. The maximum atomic E-state index is 13.6. The van der Waals surface area contributed by atoms with Gasteiger partial charge in [0.05, 0.1) is 5.56 Å². The highest BCUT2D eigenvalue weighted by atomic mass is 19.1. The Kier molecular flexibility index (Phi) is 8.72. The number of amides is 1. The number of aryl methyl sites for hydroxylation is 1. The summed E-state index contributed by atoms with van der Waals surface area (Å²) in [5.74, 6) is -0.751. The topological polar surface area (TPSA) is 29.1 Å². The van der Waals surface area contributed by atoms with Crippen LogP contribution in [0.1, 0.15) is 74.2 Å². The van der Waals surface area contributed by atoms with Crippen LogP contribution in [0, 0.1) is 12.7 Å². The molecule has 0 radical (unpaired) electrons. The van der Waals surface area contributed by atoms with Crippen molar-refractivity contribution in [2.75, 3.05) is 6.54 Å². The lowest BCUT2D eigenvalue weighted by atomic mass is 10.1. The number of halogens is 1. The van der Waals surface area contributed by atoms with Crippen LogP contribution in [0.25, 0.3) is 0 Å². The van der Waals surface area contributed by atoms with Gasteiger partial charge in [-0.25, -0.2) is 4.39 Å². The van der Waals surface area contributed by atoms with Gasteiger partial charge in [-0.2, -0.15) is 0 Å². The van der Waals surface area contributed by atoms with Crippen molar-refractivity contribution < 1.29 is 9.18 Å². The molecule has 118 valence electrons. The van der Waals surface area contributed by atoms with Crippen LogP contribution >= 0.6 is 0 Å². The fraction of sp³-hybridized carbons (Fsp3) is 0.611. The molecule has 0 unspecified atom stereocenters. The molecule has 3 heteroatoms. The molecule has 0 heterocycles. The van der Waals surface area contributed by atoms with Crippen molar-refractivity contribution in [1.82, 2.24) is 5.32 Å². The Morgan fingerprint density at radius 3 is 2.29 bits per heavy atom. The third-order valence-electron chi connectivity index (χ3n) is 3.69. The van der Waals surface area contributed by atoms with Gasteiger partial charge in [0.15, 0.2) is 0 Å². The van der Waals surface area contributed by atoms with Crippen molar-refractivity contribution in [2.45, 2.75) is 65.2 Å². The van der Waals surface area contributed by atoms with Crippen molar-refractivity contribution in [3.05, 3.63) is 35.1 Å². The van der Waals surface area contributed by atoms with E-state index in [2.05, 4.69) is 12.2 Å². The minimum Gasteiger partial charge on any atom is -0.352 e. The second-order valence-electron chi connectivity index (χ2n) is 5.71. The van der Waals surface area contributed by atoms with Gasteiger partial charge >= 0.3 is 0 Å². The molecule has 0 saturated carbocycles. The predicted molar refractivity (Wildman–Crippen MR) is 86.1 cm³/mol. The third kappa shape index (κ3) is 7.26. The molecule has 0 spiro atoms. The number of nitrogens with one attached hydrogen (secondary N) is 1. The first kappa shape index (κ1) is 17.7. The van der Waals surface area contributed by atoms with Crippen molar-refractivity contribution in [3.63, 3.8) is 0 Å². The molecule has 1 N–H and O–H groups in total. The fourth-order valence-corrected chi connectivity index (χ4v) is 2.36. The van der Waals surface area contributed by atoms with E-state index in [1.165, 1.54) is 44.6 Å². The SMILES string of the molecule is CCCCCCCCCCNC(=O)c1ccc(C)cc1F. The summed E-state index contributed by atoms with van der Waals surface area (Å²) in [5, 5.41) is 2.79. The van der Waals surface area contributed by atoms with Crippen LogP contribution in [-0.2, 0) is 0 Å². The van der Waals surface area contributed by atoms with E-state index in [9.17, 15) is 9.18 Å². The zero-order valence-corrected chi connectivity index (χ0v) is 13.4. The number of benzene rings is 1. The normalized spacial score (nSPS) is 10.6. The average molecular weight is 293 g/mol. The summed E-state index contributed by atoms with van der Waals surface area (Å²) in [6.07, 6.45) is 9.85. The second-order valence-corrected chi connectivity index (χ2v) is 5.71. The molecule has 1 aromatic carbocycles. The maximum Gasteiger partial charge on any atom is 0.254 e. The molecular weight excluding hydrogens is 265 g/mol. The number of carbonyl (C=O) groups excluding carboxylic acids is 1. The maximum absolute atomic E-state index is 13.6. The predicted octanol–water partition coefficient (Wildman–Crippen LogP) is 5.00. The van der Waals surface area contributed by atoms with Gasteiger partial charge in [0.1, 0.15) is 5.82 Å². The number of hydrogen-bond acceptors (Lipinski definition) is 1. The van der Waals surface area contributed by atoms with E-state index >= 15 is 0 Å². The van der Waals surface area contributed by atoms with Gasteiger partial charge in [0.25, 0.3) is 5.91 Å². The Hall–Kier alpha value is -1.38. The highest BCUT2D eigenvalue weighted by Crippen LogP contribution is 2.10. The summed E-state index contributed by atoms with van der Waals surface area (Å²) < 4.78 is 13.6. The van der Waals surface area contributed by atoms with Gasteiger partial charge in [0, 0.05) is 6.54 Å². The van der Waals surface area contributed by atoms with E-state index in [1.54, 1.807) is 12.1 Å². The fourth-order valence-electron chi connectivity index (χ4n) is 2.36. The van der Waals surface area contributed by atoms with Crippen molar-refractivity contribution >= 4 is 5.91 Å². The molecule has 0 aliphatic heterocycles. The summed E-state index contributed by atoms with van der Waals surface area (Å²) in [4.78, 5) is 11.8. The Morgan fingerprint density at radius 1 is 1.05 bits per heavy atom. The van der Waals surface area contributed by atoms with Crippen LogP contribution in [0.3, 0.4) is 0 Å². The van der Waals surface area contributed by atoms with E-state index in [0.717, 1.165) is 18.4 Å². The number of rotatable bonds is 10. The number of hydrogen-bond donors (Lipinski definition) is 1. The lowest BCUT2D eigenvalue weighted by molar-refractivity contribution is 0.0949. The monoisotopic (exact) mass is 293 g/mol. The van der Waals surface area contributed by atoms with Crippen LogP contribution in [-0.4, -0.2) is 12.5 Å². The Balaban J connectivity index is 2.11. The smallest absolute Gasteiger partial charge is 0.254 e. The van der Waals surface area contributed by atoms with E-state index < -0.39 is 5.82 Å². The number of unbranched alkanes of at least 4 members (excludes halogenated alkanes) is 7. The van der Waals surface area contributed by atoms with Gasteiger partial charge < -0.3 is 5.32 Å². The summed E-state index contributed by atoms with van der Waals surface area (Å²) in [6.45, 7) is 4.66. The van der Waals surface area contributed by atoms with Crippen molar-refractivity contribution in [2.24, 2.45) is 0 Å². The molecule has 0 aliphatic rings. The average Bonchev–Trinajstić information content (AvgIpc) is 2.45. The van der Waals surface area contributed by atoms with Crippen LogP contribution in [0.5, 0.6) is 0 Å². The Labute approximate surface area is 128 Å². The number of carbonyl (C=O) groups is 1. The Bertz CT molecular complexity index is 431. The molecule has 1 aromatic rings. The lowest BCUT2D eigenvalue weighted by Crippen LogP contribution is -2.25. The standard InChI is InChI=1S/C18H28FNO/c1-3-4-5-6-7-8-9-10-13-20-18(21)16-12-11-15(2)14-17(16)19/h11-12,14H,3-10,13H2,1-2H3,(H,20,21). The summed E-state index contributed by atoms with van der Waals surface area (Å²) in [7, 11) is 0. The molecule has 21 heavy (non-hydrogen) atoms. The molecule has 0 atom stereocenters. The minimum atomic E-state index is -0.441. The van der Waals surface area contributed by atoms with E-state index in [0.29, 0.717) is 6.54 Å². The van der Waals surface area contributed by atoms with Gasteiger partial charge in [-0.05, 0) is 31.0 Å². The summed E-state index contributed by atoms with van der Waals surface area (Å²) in [5.41, 5.74) is 0.965. The first-order valence-corrected chi connectivity index (χ1v) is 8.19. The van der Waals surface area contributed by atoms with E-state index in [4.69, 9.17) is 0 Å². The highest BCUT2D eigenvalue weighted by Gasteiger charge is 2.10. The van der Waals surface area contributed by atoms with Crippen LogP contribution in [0.15, 0.2) is 18.2 Å². The minimum absolute atomic E-state index is 0.139. The van der Waals surface area contributed by atoms with Crippen molar-refractivity contribution in [1.29, 1.82) is 0 Å². The molecule has 0 aromatic heterocycles. The first-order valence-electron chi connectivity index (χ1n) is 8.19. The van der Waals surface area contributed by atoms with Gasteiger partial charge in [0.2, 0.25) is 0 Å². The van der Waals surface area contributed by atoms with Crippen LogP contribution in [0.4, 0.5) is 4.39 Å². The summed E-state index contributed by atoms with van der Waals surface area (Å²) in [6, 6.07) is 4.70. The Morgan fingerprint density at radius 2 is 1.67 bits per heavy atom. The molecule has 2 nitrogen and oxygen atoms in total. The van der Waals surface area contributed by atoms with Gasteiger partial charge in [-0.1, -0.05) is 57.9 Å². The molecule has 0 aliphatic carbocycles. The first-order chi connectivity index (χ1) is 10.1. The largest absolute Gasteiger partial charge is 0.352 e. The summed E-state index contributed by atoms with van der Waals surface area (Å²) >= 11 is 0. The van der Waals surface area contributed by atoms with E-state index in [1.807, 2.05) is 6.92 Å². The molecule has 0 bridgehead atoms. The molecule has 0 fully saturated rings. The zero-order chi connectivity index (χ0) is 15.5. The highest BCUT2D eigenvalue weighted by molar-refractivity contribution is 5.94. The molecular formula is C18H28FNO. The molecule has 1 rings (SSSR count). The van der Waals surface area contributed by atoms with E-state index in [-0.39, 0.29) is 11.5 Å². The third-order valence-corrected chi connectivity index (χ3v) is 3.69. The lowest BCUT2D eigenvalue weighted by Gasteiger charge is -2.07. The van der Waals surface area contributed by atoms with Gasteiger partial charge in [-0.15, -0.1) is 0 Å². The van der Waals surface area contributed by atoms with Crippen molar-refractivity contribution in [3.8, 4) is 0 Å². The van der Waals surface area contributed by atoms with Crippen LogP contribution < -0.4 is 5.32 Å². The van der Waals surface area contributed by atoms with Crippen LogP contribution in [0.2, 0.25) is 0 Å². The quantitative estimate of drug-likeness (QED) is 0.604.